The van der Waals surface area contributed by atoms with Crippen LogP contribution in [0.4, 0.5) is 30.6 Å². The van der Waals surface area contributed by atoms with Crippen LogP contribution < -0.4 is 10.6 Å². The number of hydrogen-bond acceptors (Lipinski definition) is 4. The van der Waals surface area contributed by atoms with Crippen molar-refractivity contribution in [3.05, 3.63) is 42.1 Å². The number of nitrogens with one attached hydrogen (secondary N) is 2. The van der Waals surface area contributed by atoms with Crippen LogP contribution in [0.2, 0.25) is 0 Å². The summed E-state index contributed by atoms with van der Waals surface area (Å²) in [6, 6.07) is 6.36. The number of alkyl halides is 3. The molecule has 1 heterocycles. The molecule has 0 atom stereocenters. The normalized spacial score (nSPS) is 11.2. The van der Waals surface area contributed by atoms with E-state index < -0.39 is 11.7 Å². The predicted octanol–water partition coefficient (Wildman–Crippen LogP) is 3.28. The van der Waals surface area contributed by atoms with Crippen molar-refractivity contribution in [3.8, 4) is 0 Å². The molecule has 0 unspecified atom stereocenters. The van der Waals surface area contributed by atoms with Crippen molar-refractivity contribution in [2.45, 2.75) is 6.18 Å². The minimum Gasteiger partial charge on any atom is -0.357 e. The van der Waals surface area contributed by atoms with Crippen molar-refractivity contribution in [3.63, 3.8) is 0 Å². The second-order valence-electron chi connectivity index (χ2n) is 3.72. The summed E-state index contributed by atoms with van der Waals surface area (Å²) >= 11 is 0. The highest BCUT2D eigenvalue weighted by Gasteiger charge is 2.29. The highest BCUT2D eigenvalue weighted by Crippen LogP contribution is 2.30. The largest absolute Gasteiger partial charge is 0.416 e. The third kappa shape index (κ3) is 3.34. The zero-order valence-corrected chi connectivity index (χ0v) is 9.99. The van der Waals surface area contributed by atoms with Crippen LogP contribution in [0.3, 0.4) is 0 Å². The van der Waals surface area contributed by atoms with Crippen molar-refractivity contribution >= 4 is 17.5 Å². The lowest BCUT2D eigenvalue weighted by Crippen LogP contribution is -2.04. The van der Waals surface area contributed by atoms with Gasteiger partial charge in [0.15, 0.2) is 0 Å². The number of rotatable bonds is 3. The number of benzene rings is 1. The first-order valence-corrected chi connectivity index (χ1v) is 5.44. The van der Waals surface area contributed by atoms with Crippen molar-refractivity contribution in [1.29, 1.82) is 0 Å². The zero-order valence-electron chi connectivity index (χ0n) is 9.99. The maximum absolute atomic E-state index is 12.4. The van der Waals surface area contributed by atoms with E-state index in [1.807, 2.05) is 0 Å². The first kappa shape index (κ1) is 13.1. The van der Waals surface area contributed by atoms with Gasteiger partial charge in [-0.25, -0.2) is 4.98 Å². The van der Waals surface area contributed by atoms with E-state index in [1.165, 1.54) is 12.1 Å². The second kappa shape index (κ2) is 5.13. The van der Waals surface area contributed by atoms with Gasteiger partial charge in [0.2, 0.25) is 5.95 Å². The van der Waals surface area contributed by atoms with E-state index in [4.69, 9.17) is 0 Å². The molecule has 0 aliphatic rings. The molecular weight excluding hydrogens is 257 g/mol. The third-order valence-corrected chi connectivity index (χ3v) is 2.36. The molecule has 100 valence electrons. The Kier molecular flexibility index (Phi) is 3.55. The third-order valence-electron chi connectivity index (χ3n) is 2.36. The van der Waals surface area contributed by atoms with Crippen molar-refractivity contribution in [1.82, 2.24) is 9.97 Å². The minimum atomic E-state index is -4.33. The summed E-state index contributed by atoms with van der Waals surface area (Å²) in [5, 5.41) is 5.67. The van der Waals surface area contributed by atoms with Crippen LogP contribution in [-0.2, 0) is 6.18 Å². The summed E-state index contributed by atoms with van der Waals surface area (Å²) in [5.74, 6) is 0.927. The lowest BCUT2D eigenvalue weighted by Gasteiger charge is -2.09. The molecule has 7 heteroatoms. The van der Waals surface area contributed by atoms with E-state index in [1.54, 1.807) is 19.3 Å². The van der Waals surface area contributed by atoms with Gasteiger partial charge in [-0.2, -0.15) is 18.2 Å². The molecule has 0 saturated carbocycles. The molecule has 0 saturated heterocycles. The fourth-order valence-electron chi connectivity index (χ4n) is 1.44. The summed E-state index contributed by atoms with van der Waals surface area (Å²) in [4.78, 5) is 8.04. The fraction of sp³-hybridized carbons (Fsp3) is 0.167. The van der Waals surface area contributed by atoms with Crippen LogP contribution in [0.1, 0.15) is 5.56 Å². The van der Waals surface area contributed by atoms with E-state index in [0.29, 0.717) is 17.5 Å². The minimum absolute atomic E-state index is 0.428. The number of hydrogen-bond donors (Lipinski definition) is 2. The molecule has 0 aliphatic carbocycles. The van der Waals surface area contributed by atoms with Gasteiger partial charge in [-0.15, -0.1) is 0 Å². The average Bonchev–Trinajstić information content (AvgIpc) is 2.38. The van der Waals surface area contributed by atoms with Gasteiger partial charge < -0.3 is 10.6 Å². The molecule has 2 N–H and O–H groups in total. The summed E-state index contributed by atoms with van der Waals surface area (Å²) in [5.41, 5.74) is -0.162. The fourth-order valence-corrected chi connectivity index (χ4v) is 1.44. The Labute approximate surface area is 107 Å². The molecule has 2 rings (SSSR count). The summed E-state index contributed by atoms with van der Waals surface area (Å²) in [7, 11) is 1.68. The van der Waals surface area contributed by atoms with Gasteiger partial charge in [-0.1, -0.05) is 0 Å². The van der Waals surface area contributed by atoms with E-state index >= 15 is 0 Å². The van der Waals surface area contributed by atoms with Crippen LogP contribution in [0.15, 0.2) is 36.5 Å². The van der Waals surface area contributed by atoms with Gasteiger partial charge in [0.1, 0.15) is 5.82 Å². The molecule has 1 aromatic carbocycles. The Morgan fingerprint density at radius 3 is 2.32 bits per heavy atom. The van der Waals surface area contributed by atoms with Crippen LogP contribution in [0.5, 0.6) is 0 Å². The molecule has 0 amide bonds. The summed E-state index contributed by atoms with van der Waals surface area (Å²) in [6.07, 6.45) is -2.78. The molecular formula is C12H11F3N4. The highest BCUT2D eigenvalue weighted by molar-refractivity contribution is 5.57. The standard InChI is InChI=1S/C12H11F3N4/c1-16-11-17-7-6-10(19-11)18-9-4-2-8(3-5-9)12(13,14)15/h2-7H,1H3,(H2,16,17,18,19). The van der Waals surface area contributed by atoms with Crippen molar-refractivity contribution < 1.29 is 13.2 Å². The molecule has 0 radical (unpaired) electrons. The Bertz CT molecular complexity index is 552. The number of anilines is 3. The average molecular weight is 268 g/mol. The summed E-state index contributed by atoms with van der Waals surface area (Å²) in [6.45, 7) is 0. The maximum Gasteiger partial charge on any atom is 0.416 e. The van der Waals surface area contributed by atoms with E-state index in [0.717, 1.165) is 12.1 Å². The van der Waals surface area contributed by atoms with Crippen LogP contribution in [-0.4, -0.2) is 17.0 Å². The zero-order chi connectivity index (χ0) is 13.9. The van der Waals surface area contributed by atoms with Gasteiger partial charge in [0.05, 0.1) is 5.56 Å². The predicted molar refractivity (Wildman–Crippen MR) is 66.3 cm³/mol. The molecule has 1 aromatic heterocycles. The number of nitrogens with zero attached hydrogens (tertiary/aromatic N) is 2. The Morgan fingerprint density at radius 2 is 1.74 bits per heavy atom. The first-order chi connectivity index (χ1) is 8.99. The summed E-state index contributed by atoms with van der Waals surface area (Å²) < 4.78 is 37.2. The molecule has 0 spiro atoms. The maximum atomic E-state index is 12.4. The number of aromatic nitrogens is 2. The Balaban J connectivity index is 2.15. The molecule has 0 aliphatic heterocycles. The Morgan fingerprint density at radius 1 is 1.05 bits per heavy atom. The van der Waals surface area contributed by atoms with Gasteiger partial charge in [0.25, 0.3) is 0 Å². The van der Waals surface area contributed by atoms with Crippen LogP contribution in [0, 0.1) is 0 Å². The monoisotopic (exact) mass is 268 g/mol. The van der Waals surface area contributed by atoms with E-state index in [2.05, 4.69) is 20.6 Å². The van der Waals surface area contributed by atoms with E-state index in [-0.39, 0.29) is 0 Å². The molecule has 4 nitrogen and oxygen atoms in total. The molecule has 2 aromatic rings. The number of halogens is 3. The topological polar surface area (TPSA) is 49.8 Å². The first-order valence-electron chi connectivity index (χ1n) is 5.44. The smallest absolute Gasteiger partial charge is 0.357 e. The van der Waals surface area contributed by atoms with Gasteiger partial charge in [0, 0.05) is 18.9 Å². The molecule has 0 fully saturated rings. The Hall–Kier alpha value is -2.31. The van der Waals surface area contributed by atoms with Crippen molar-refractivity contribution in [2.24, 2.45) is 0 Å². The second-order valence-corrected chi connectivity index (χ2v) is 3.72. The van der Waals surface area contributed by atoms with Crippen LogP contribution in [0.25, 0.3) is 0 Å². The van der Waals surface area contributed by atoms with Crippen LogP contribution >= 0.6 is 0 Å². The van der Waals surface area contributed by atoms with Gasteiger partial charge >= 0.3 is 6.18 Å². The highest BCUT2D eigenvalue weighted by atomic mass is 19.4. The van der Waals surface area contributed by atoms with Gasteiger partial charge in [-0.3, -0.25) is 0 Å². The SMILES string of the molecule is CNc1nccc(Nc2ccc(C(F)(F)F)cc2)n1. The molecule has 19 heavy (non-hydrogen) atoms. The molecule has 0 bridgehead atoms. The van der Waals surface area contributed by atoms with Gasteiger partial charge in [-0.05, 0) is 30.3 Å². The van der Waals surface area contributed by atoms with Crippen molar-refractivity contribution in [2.75, 3.05) is 17.7 Å². The van der Waals surface area contributed by atoms with E-state index in [9.17, 15) is 13.2 Å². The lowest BCUT2D eigenvalue weighted by atomic mass is 10.2. The lowest BCUT2D eigenvalue weighted by molar-refractivity contribution is -0.137. The quantitative estimate of drug-likeness (QED) is 0.897.